The zero-order chi connectivity index (χ0) is 16.0. The second-order valence-corrected chi connectivity index (χ2v) is 7.11. The highest BCUT2D eigenvalue weighted by Gasteiger charge is 2.42. The number of hydrogen-bond donors (Lipinski definition) is 1. The fourth-order valence-electron chi connectivity index (χ4n) is 4.45. The minimum absolute atomic E-state index is 0.219. The molecular formula is C20H24N2O. The second-order valence-electron chi connectivity index (χ2n) is 7.11. The first kappa shape index (κ1) is 14.9. The lowest BCUT2D eigenvalue weighted by Crippen LogP contribution is -2.54. The van der Waals surface area contributed by atoms with Gasteiger partial charge in [-0.2, -0.15) is 0 Å². The van der Waals surface area contributed by atoms with E-state index in [-0.39, 0.29) is 6.04 Å². The van der Waals surface area contributed by atoms with E-state index in [0.717, 1.165) is 36.0 Å². The van der Waals surface area contributed by atoms with Crippen LogP contribution in [-0.4, -0.2) is 34.1 Å². The van der Waals surface area contributed by atoms with E-state index in [1.807, 2.05) is 18.3 Å². The van der Waals surface area contributed by atoms with Gasteiger partial charge in [0.2, 0.25) is 0 Å². The van der Waals surface area contributed by atoms with Crippen LogP contribution in [0.3, 0.4) is 0 Å². The Balaban J connectivity index is 1.69. The molecule has 0 amide bonds. The minimum Gasteiger partial charge on any atom is -0.387 e. The summed E-state index contributed by atoms with van der Waals surface area (Å²) in [6.45, 7) is 8.21. The van der Waals surface area contributed by atoms with E-state index in [9.17, 15) is 5.11 Å². The molecule has 1 aromatic carbocycles. The summed E-state index contributed by atoms with van der Waals surface area (Å²) in [4.78, 5) is 6.90. The molecule has 2 bridgehead atoms. The average molecular weight is 308 g/mol. The highest BCUT2D eigenvalue weighted by Crippen LogP contribution is 2.41. The van der Waals surface area contributed by atoms with Crippen molar-refractivity contribution in [2.75, 3.05) is 13.1 Å². The lowest BCUT2D eigenvalue weighted by Gasteiger charge is -2.50. The SMILES string of the molecule is C=CC1CN2CCC1C[C@H]2[C@H](O)c1ccnc2ccc(C)cc12. The van der Waals surface area contributed by atoms with E-state index in [2.05, 4.69) is 41.6 Å². The fourth-order valence-corrected chi connectivity index (χ4v) is 4.45. The Morgan fingerprint density at radius 2 is 2.26 bits per heavy atom. The molecule has 2 aromatic rings. The van der Waals surface area contributed by atoms with Crippen molar-refractivity contribution >= 4 is 10.9 Å². The Labute approximate surface area is 137 Å². The first-order valence-corrected chi connectivity index (χ1v) is 8.57. The normalized spacial score (nSPS) is 31.2. The van der Waals surface area contributed by atoms with Gasteiger partial charge in [0.25, 0.3) is 0 Å². The van der Waals surface area contributed by atoms with E-state index in [1.54, 1.807) is 0 Å². The summed E-state index contributed by atoms with van der Waals surface area (Å²) < 4.78 is 0. The molecule has 3 saturated heterocycles. The molecule has 3 aliphatic rings. The highest BCUT2D eigenvalue weighted by atomic mass is 16.3. The van der Waals surface area contributed by atoms with Gasteiger partial charge in [0.15, 0.2) is 0 Å². The molecule has 1 N–H and O–H groups in total. The number of aromatic nitrogens is 1. The summed E-state index contributed by atoms with van der Waals surface area (Å²) in [5.41, 5.74) is 3.19. The van der Waals surface area contributed by atoms with Gasteiger partial charge >= 0.3 is 0 Å². The average Bonchev–Trinajstić information content (AvgIpc) is 2.60. The van der Waals surface area contributed by atoms with E-state index in [0.29, 0.717) is 11.8 Å². The fraction of sp³-hybridized carbons (Fsp3) is 0.450. The maximum Gasteiger partial charge on any atom is 0.0952 e. The molecule has 3 unspecified atom stereocenters. The Morgan fingerprint density at radius 1 is 1.39 bits per heavy atom. The van der Waals surface area contributed by atoms with Crippen molar-refractivity contribution in [3.8, 4) is 0 Å². The Bertz CT molecular complexity index is 741. The third-order valence-corrected chi connectivity index (χ3v) is 5.77. The van der Waals surface area contributed by atoms with Gasteiger partial charge in [-0.25, -0.2) is 0 Å². The number of rotatable bonds is 3. The van der Waals surface area contributed by atoms with Crippen LogP contribution in [0.2, 0.25) is 0 Å². The molecule has 120 valence electrons. The van der Waals surface area contributed by atoms with Crippen molar-refractivity contribution in [3.05, 3.63) is 54.2 Å². The monoisotopic (exact) mass is 308 g/mol. The number of benzene rings is 1. The van der Waals surface area contributed by atoms with Crippen LogP contribution in [0.1, 0.15) is 30.1 Å². The summed E-state index contributed by atoms with van der Waals surface area (Å²) >= 11 is 0. The highest BCUT2D eigenvalue weighted by molar-refractivity contribution is 5.83. The predicted molar refractivity (Wildman–Crippen MR) is 93.2 cm³/mol. The molecule has 3 aliphatic heterocycles. The van der Waals surface area contributed by atoms with Crippen molar-refractivity contribution in [1.82, 2.24) is 9.88 Å². The molecule has 0 radical (unpaired) electrons. The zero-order valence-electron chi connectivity index (χ0n) is 13.7. The van der Waals surface area contributed by atoms with Gasteiger partial charge in [-0.1, -0.05) is 17.7 Å². The van der Waals surface area contributed by atoms with Crippen molar-refractivity contribution in [1.29, 1.82) is 0 Å². The van der Waals surface area contributed by atoms with E-state index >= 15 is 0 Å². The van der Waals surface area contributed by atoms with Gasteiger partial charge in [-0.05, 0) is 61.9 Å². The molecular weight excluding hydrogens is 284 g/mol. The number of piperidine rings is 3. The number of aliphatic hydroxyl groups is 1. The third kappa shape index (κ3) is 2.48. The summed E-state index contributed by atoms with van der Waals surface area (Å²) in [7, 11) is 0. The number of nitrogens with zero attached hydrogens (tertiary/aromatic N) is 2. The molecule has 23 heavy (non-hydrogen) atoms. The maximum absolute atomic E-state index is 11.1. The Morgan fingerprint density at radius 3 is 3.00 bits per heavy atom. The van der Waals surface area contributed by atoms with Crippen LogP contribution in [0.5, 0.6) is 0 Å². The number of aryl methyl sites for hydroxylation is 1. The third-order valence-electron chi connectivity index (χ3n) is 5.77. The molecule has 4 heterocycles. The molecule has 3 nitrogen and oxygen atoms in total. The zero-order valence-corrected chi connectivity index (χ0v) is 13.7. The van der Waals surface area contributed by atoms with Crippen LogP contribution in [-0.2, 0) is 0 Å². The Kier molecular flexibility index (Phi) is 3.70. The van der Waals surface area contributed by atoms with Crippen LogP contribution in [0.15, 0.2) is 43.1 Å². The maximum atomic E-state index is 11.1. The number of pyridine rings is 1. The van der Waals surface area contributed by atoms with E-state index < -0.39 is 6.10 Å². The molecule has 0 saturated carbocycles. The van der Waals surface area contributed by atoms with Crippen molar-refractivity contribution in [3.63, 3.8) is 0 Å². The molecule has 1 aromatic heterocycles. The lowest BCUT2D eigenvalue weighted by atomic mass is 9.73. The van der Waals surface area contributed by atoms with Gasteiger partial charge in [0.05, 0.1) is 11.6 Å². The van der Waals surface area contributed by atoms with Crippen LogP contribution in [0.25, 0.3) is 10.9 Å². The van der Waals surface area contributed by atoms with Gasteiger partial charge < -0.3 is 5.11 Å². The van der Waals surface area contributed by atoms with Gasteiger partial charge in [0, 0.05) is 24.2 Å². The standard InChI is InChI=1S/C20H24N2O/c1-3-14-12-22-9-7-15(14)11-19(22)20(23)16-6-8-21-18-5-4-13(2)10-17(16)18/h3-6,8,10,14-15,19-20,23H,1,7,9,11-12H2,2H3/t14?,15?,19-,20+/m0/s1. The van der Waals surface area contributed by atoms with Crippen LogP contribution in [0, 0.1) is 18.8 Å². The summed E-state index contributed by atoms with van der Waals surface area (Å²) in [6.07, 6.45) is 5.77. The van der Waals surface area contributed by atoms with Crippen LogP contribution < -0.4 is 0 Å². The van der Waals surface area contributed by atoms with Gasteiger partial charge in [-0.3, -0.25) is 9.88 Å². The number of fused-ring (bicyclic) bond motifs is 4. The lowest BCUT2D eigenvalue weighted by molar-refractivity contribution is -0.0444. The molecule has 0 spiro atoms. The minimum atomic E-state index is -0.448. The predicted octanol–water partition coefficient (Wildman–Crippen LogP) is 3.47. The van der Waals surface area contributed by atoms with Crippen LogP contribution in [0.4, 0.5) is 0 Å². The van der Waals surface area contributed by atoms with Crippen molar-refractivity contribution in [2.24, 2.45) is 11.8 Å². The number of aliphatic hydroxyl groups excluding tert-OH is 1. The molecule has 0 aliphatic carbocycles. The first-order valence-electron chi connectivity index (χ1n) is 8.57. The van der Waals surface area contributed by atoms with E-state index in [1.165, 1.54) is 12.0 Å². The molecule has 5 atom stereocenters. The summed E-state index contributed by atoms with van der Waals surface area (Å²) in [5.74, 6) is 1.26. The largest absolute Gasteiger partial charge is 0.387 e. The second kappa shape index (κ2) is 5.73. The van der Waals surface area contributed by atoms with Gasteiger partial charge in [-0.15, -0.1) is 6.58 Å². The van der Waals surface area contributed by atoms with Crippen molar-refractivity contribution in [2.45, 2.75) is 31.9 Å². The Hall–Kier alpha value is -1.71. The smallest absolute Gasteiger partial charge is 0.0952 e. The van der Waals surface area contributed by atoms with Crippen LogP contribution >= 0.6 is 0 Å². The topological polar surface area (TPSA) is 36.4 Å². The van der Waals surface area contributed by atoms with Crippen molar-refractivity contribution < 1.29 is 5.11 Å². The number of hydrogen-bond acceptors (Lipinski definition) is 3. The quantitative estimate of drug-likeness (QED) is 0.882. The summed E-state index contributed by atoms with van der Waals surface area (Å²) in [5, 5.41) is 12.2. The molecule has 3 heteroatoms. The molecule has 3 fully saturated rings. The summed E-state index contributed by atoms with van der Waals surface area (Å²) in [6, 6.07) is 8.47. The molecule has 5 rings (SSSR count). The van der Waals surface area contributed by atoms with Gasteiger partial charge in [0.1, 0.15) is 0 Å². The first-order chi connectivity index (χ1) is 11.2. The van der Waals surface area contributed by atoms with E-state index in [4.69, 9.17) is 0 Å².